The highest BCUT2D eigenvalue weighted by Crippen LogP contribution is 2.26. The molecule has 1 atom stereocenters. The third-order valence-corrected chi connectivity index (χ3v) is 4.68. The van der Waals surface area contributed by atoms with Gasteiger partial charge in [0.2, 0.25) is 5.91 Å². The first-order valence-electron chi connectivity index (χ1n) is 7.42. The van der Waals surface area contributed by atoms with E-state index in [4.69, 9.17) is 11.6 Å². The van der Waals surface area contributed by atoms with Crippen molar-refractivity contribution in [2.24, 2.45) is 0 Å². The third-order valence-electron chi connectivity index (χ3n) is 3.32. The van der Waals surface area contributed by atoms with Crippen LogP contribution >= 0.6 is 23.4 Å². The fourth-order valence-electron chi connectivity index (χ4n) is 2.02. The number of halogens is 1. The maximum absolute atomic E-state index is 12.4. The number of carbonyl (C=O) groups is 2. The summed E-state index contributed by atoms with van der Waals surface area (Å²) < 4.78 is 0. The second-order valence-electron chi connectivity index (χ2n) is 5.45. The number of hydrogen-bond acceptors (Lipinski definition) is 3. The summed E-state index contributed by atoms with van der Waals surface area (Å²) in [5.74, 6) is -0.308. The minimum atomic E-state index is -0.311. The SMILES string of the molecule is CC(Sc1ccc(Cl)cc1)C(=O)Nc1ccccc1C(=O)N(C)C. The molecule has 126 valence electrons. The highest BCUT2D eigenvalue weighted by Gasteiger charge is 2.18. The zero-order chi connectivity index (χ0) is 17.7. The number of benzene rings is 2. The van der Waals surface area contributed by atoms with Crippen LogP contribution in [-0.2, 0) is 4.79 Å². The first kappa shape index (κ1) is 18.4. The van der Waals surface area contributed by atoms with Gasteiger partial charge in [-0.05, 0) is 43.3 Å². The van der Waals surface area contributed by atoms with E-state index in [2.05, 4.69) is 5.32 Å². The van der Waals surface area contributed by atoms with Gasteiger partial charge in [-0.1, -0.05) is 23.7 Å². The molecule has 0 bridgehead atoms. The standard InChI is InChI=1S/C18H19ClN2O2S/c1-12(24-14-10-8-13(19)9-11-14)17(22)20-16-7-5-4-6-15(16)18(23)21(2)3/h4-12H,1-3H3,(H,20,22). The Bertz CT molecular complexity index is 732. The van der Waals surface area contributed by atoms with Crippen LogP contribution < -0.4 is 5.32 Å². The molecule has 0 aliphatic carbocycles. The zero-order valence-electron chi connectivity index (χ0n) is 13.7. The molecule has 0 heterocycles. The summed E-state index contributed by atoms with van der Waals surface area (Å²) in [4.78, 5) is 27.1. The van der Waals surface area contributed by atoms with Crippen molar-refractivity contribution in [2.45, 2.75) is 17.1 Å². The summed E-state index contributed by atoms with van der Waals surface area (Å²) in [7, 11) is 3.36. The molecule has 0 aliphatic rings. The van der Waals surface area contributed by atoms with Gasteiger partial charge in [0.15, 0.2) is 0 Å². The molecule has 24 heavy (non-hydrogen) atoms. The lowest BCUT2D eigenvalue weighted by Crippen LogP contribution is -2.26. The van der Waals surface area contributed by atoms with Crippen LogP contribution in [0.3, 0.4) is 0 Å². The molecule has 2 aromatic carbocycles. The molecule has 0 saturated carbocycles. The monoisotopic (exact) mass is 362 g/mol. The Labute approximate surface area is 151 Å². The van der Waals surface area contributed by atoms with E-state index in [1.54, 1.807) is 50.5 Å². The smallest absolute Gasteiger partial charge is 0.255 e. The van der Waals surface area contributed by atoms with Crippen molar-refractivity contribution in [3.8, 4) is 0 Å². The first-order chi connectivity index (χ1) is 11.4. The quantitative estimate of drug-likeness (QED) is 0.812. The lowest BCUT2D eigenvalue weighted by molar-refractivity contribution is -0.115. The number of anilines is 1. The highest BCUT2D eigenvalue weighted by molar-refractivity contribution is 8.00. The normalized spacial score (nSPS) is 11.7. The van der Waals surface area contributed by atoms with Crippen molar-refractivity contribution in [3.63, 3.8) is 0 Å². The molecule has 0 saturated heterocycles. The minimum absolute atomic E-state index is 0.149. The van der Waals surface area contributed by atoms with Crippen LogP contribution in [0.5, 0.6) is 0 Å². The molecule has 0 radical (unpaired) electrons. The number of nitrogens with one attached hydrogen (secondary N) is 1. The summed E-state index contributed by atoms with van der Waals surface area (Å²) >= 11 is 7.30. The Morgan fingerprint density at radius 3 is 2.33 bits per heavy atom. The van der Waals surface area contributed by atoms with Crippen LogP contribution in [0.25, 0.3) is 0 Å². The van der Waals surface area contributed by atoms with Crippen LogP contribution in [-0.4, -0.2) is 36.1 Å². The Hall–Kier alpha value is -1.98. The molecule has 1 unspecified atom stereocenters. The van der Waals surface area contributed by atoms with Crippen molar-refractivity contribution < 1.29 is 9.59 Å². The van der Waals surface area contributed by atoms with Crippen LogP contribution in [0.2, 0.25) is 5.02 Å². The van der Waals surface area contributed by atoms with E-state index in [-0.39, 0.29) is 17.1 Å². The molecule has 2 amide bonds. The number of amides is 2. The van der Waals surface area contributed by atoms with Crippen LogP contribution in [0.15, 0.2) is 53.4 Å². The minimum Gasteiger partial charge on any atom is -0.345 e. The number of hydrogen-bond donors (Lipinski definition) is 1. The lowest BCUT2D eigenvalue weighted by Gasteiger charge is -2.16. The van der Waals surface area contributed by atoms with Gasteiger partial charge >= 0.3 is 0 Å². The molecule has 6 heteroatoms. The van der Waals surface area contributed by atoms with E-state index < -0.39 is 0 Å². The Kier molecular flexibility index (Phi) is 6.29. The van der Waals surface area contributed by atoms with Crippen molar-refractivity contribution in [1.29, 1.82) is 0 Å². The van der Waals surface area contributed by atoms with Crippen molar-refractivity contribution in [3.05, 3.63) is 59.1 Å². The molecule has 4 nitrogen and oxygen atoms in total. The summed E-state index contributed by atoms with van der Waals surface area (Å²) in [5.41, 5.74) is 0.990. The topological polar surface area (TPSA) is 49.4 Å². The molecular formula is C18H19ClN2O2S. The Morgan fingerprint density at radius 2 is 1.71 bits per heavy atom. The molecule has 1 N–H and O–H groups in total. The maximum Gasteiger partial charge on any atom is 0.255 e. The molecule has 0 aromatic heterocycles. The third kappa shape index (κ3) is 4.76. The van der Waals surface area contributed by atoms with E-state index in [0.717, 1.165) is 4.90 Å². The average molecular weight is 363 g/mol. The second kappa shape index (κ2) is 8.22. The highest BCUT2D eigenvalue weighted by atomic mass is 35.5. The Morgan fingerprint density at radius 1 is 1.08 bits per heavy atom. The maximum atomic E-state index is 12.4. The van der Waals surface area contributed by atoms with Crippen LogP contribution in [0, 0.1) is 0 Å². The number of carbonyl (C=O) groups excluding carboxylic acids is 2. The van der Waals surface area contributed by atoms with Gasteiger partial charge in [-0.25, -0.2) is 0 Å². The average Bonchev–Trinajstić information content (AvgIpc) is 2.56. The summed E-state index contributed by atoms with van der Waals surface area (Å²) in [5, 5.41) is 3.19. The van der Waals surface area contributed by atoms with Gasteiger partial charge in [0.1, 0.15) is 0 Å². The summed E-state index contributed by atoms with van der Waals surface area (Å²) in [6.45, 7) is 1.82. The summed E-state index contributed by atoms with van der Waals surface area (Å²) in [6, 6.07) is 14.3. The van der Waals surface area contributed by atoms with Gasteiger partial charge in [0.25, 0.3) is 5.91 Å². The second-order valence-corrected chi connectivity index (χ2v) is 7.30. The number of rotatable bonds is 5. The van der Waals surface area contributed by atoms with Gasteiger partial charge in [0, 0.05) is 24.0 Å². The van der Waals surface area contributed by atoms with Gasteiger partial charge in [-0.3, -0.25) is 9.59 Å². The molecule has 0 spiro atoms. The predicted molar refractivity (Wildman–Crippen MR) is 99.9 cm³/mol. The van der Waals surface area contributed by atoms with Crippen molar-refractivity contribution in [2.75, 3.05) is 19.4 Å². The van der Waals surface area contributed by atoms with Crippen molar-refractivity contribution >= 4 is 40.9 Å². The zero-order valence-corrected chi connectivity index (χ0v) is 15.3. The molecule has 0 aliphatic heterocycles. The van der Waals surface area contributed by atoms with Crippen LogP contribution in [0.1, 0.15) is 17.3 Å². The van der Waals surface area contributed by atoms with Crippen molar-refractivity contribution in [1.82, 2.24) is 4.90 Å². The van der Waals surface area contributed by atoms with E-state index in [0.29, 0.717) is 16.3 Å². The van der Waals surface area contributed by atoms with E-state index >= 15 is 0 Å². The molecule has 0 fully saturated rings. The van der Waals surface area contributed by atoms with E-state index in [9.17, 15) is 9.59 Å². The fraction of sp³-hybridized carbons (Fsp3) is 0.222. The van der Waals surface area contributed by atoms with Gasteiger partial charge in [-0.2, -0.15) is 0 Å². The van der Waals surface area contributed by atoms with Gasteiger partial charge in [-0.15, -0.1) is 11.8 Å². The summed E-state index contributed by atoms with van der Waals surface area (Å²) in [6.07, 6.45) is 0. The molecule has 2 aromatic rings. The first-order valence-corrected chi connectivity index (χ1v) is 8.68. The van der Waals surface area contributed by atoms with Crippen LogP contribution in [0.4, 0.5) is 5.69 Å². The predicted octanol–water partition coefficient (Wildman–Crippen LogP) is 4.16. The van der Waals surface area contributed by atoms with E-state index in [1.165, 1.54) is 16.7 Å². The molecular weight excluding hydrogens is 344 g/mol. The lowest BCUT2D eigenvalue weighted by atomic mass is 10.1. The number of nitrogens with zero attached hydrogens (tertiary/aromatic N) is 1. The Balaban J connectivity index is 2.09. The van der Waals surface area contributed by atoms with Gasteiger partial charge in [0.05, 0.1) is 16.5 Å². The number of para-hydroxylation sites is 1. The fourth-order valence-corrected chi connectivity index (χ4v) is 3.02. The molecule has 2 rings (SSSR count). The number of thioether (sulfide) groups is 1. The van der Waals surface area contributed by atoms with E-state index in [1.807, 2.05) is 19.1 Å². The van der Waals surface area contributed by atoms with Gasteiger partial charge < -0.3 is 10.2 Å². The largest absolute Gasteiger partial charge is 0.345 e.